The van der Waals surface area contributed by atoms with E-state index >= 15 is 0 Å². The van der Waals surface area contributed by atoms with Crippen LogP contribution in [0.25, 0.3) is 0 Å². The van der Waals surface area contributed by atoms with Crippen molar-refractivity contribution in [1.82, 2.24) is 5.32 Å². The molecule has 0 saturated heterocycles. The Morgan fingerprint density at radius 2 is 1.82 bits per heavy atom. The average Bonchev–Trinajstić information content (AvgIpc) is 2.58. The number of nitrogens with one attached hydrogen (secondary N) is 1. The van der Waals surface area contributed by atoms with Crippen molar-refractivity contribution >= 4 is 5.78 Å². The van der Waals surface area contributed by atoms with Crippen molar-refractivity contribution in [1.29, 1.82) is 0 Å². The quantitative estimate of drug-likeness (QED) is 0.832. The zero-order valence-corrected chi connectivity index (χ0v) is 12.6. The smallest absolute Gasteiger partial charge is 0.174 e. The van der Waals surface area contributed by atoms with Crippen molar-refractivity contribution in [2.75, 3.05) is 19.7 Å². The summed E-state index contributed by atoms with van der Waals surface area (Å²) in [6.07, 6.45) is 2.13. The minimum absolute atomic E-state index is 0.0772. The number of benzene rings is 2. The van der Waals surface area contributed by atoms with Gasteiger partial charge in [0.15, 0.2) is 5.78 Å². The molecule has 0 radical (unpaired) electrons. The van der Waals surface area contributed by atoms with Crippen LogP contribution in [0.4, 0.5) is 0 Å². The van der Waals surface area contributed by atoms with Crippen molar-refractivity contribution in [2.24, 2.45) is 5.92 Å². The first-order valence-electron chi connectivity index (χ1n) is 7.85. The van der Waals surface area contributed by atoms with Gasteiger partial charge in [0.1, 0.15) is 5.75 Å². The lowest BCUT2D eigenvalue weighted by Crippen LogP contribution is -2.36. The molecule has 114 valence electrons. The molecule has 3 heteroatoms. The molecule has 1 heterocycles. The maximum atomic E-state index is 12.4. The molecule has 0 aromatic heterocycles. The normalized spacial score (nSPS) is 16.9. The molecule has 0 unspecified atom stereocenters. The Labute approximate surface area is 131 Å². The van der Waals surface area contributed by atoms with Gasteiger partial charge in [-0.15, -0.1) is 0 Å². The second-order valence-electron chi connectivity index (χ2n) is 5.66. The molecule has 0 fully saturated rings. The SMILES string of the molecule is O=C1c2ccccc2OC[C@H]1CNCCCc1ccccc1. The summed E-state index contributed by atoms with van der Waals surface area (Å²) >= 11 is 0. The third kappa shape index (κ3) is 3.55. The highest BCUT2D eigenvalue weighted by molar-refractivity contribution is 6.01. The number of hydrogen-bond acceptors (Lipinski definition) is 3. The zero-order chi connectivity index (χ0) is 15.2. The summed E-state index contributed by atoms with van der Waals surface area (Å²) in [5, 5.41) is 3.39. The van der Waals surface area contributed by atoms with E-state index < -0.39 is 0 Å². The van der Waals surface area contributed by atoms with E-state index in [0.29, 0.717) is 24.5 Å². The molecule has 1 aliphatic heterocycles. The molecule has 1 aliphatic rings. The fourth-order valence-corrected chi connectivity index (χ4v) is 2.77. The van der Waals surface area contributed by atoms with Crippen molar-refractivity contribution in [3.8, 4) is 5.75 Å². The van der Waals surface area contributed by atoms with Gasteiger partial charge >= 0.3 is 0 Å². The summed E-state index contributed by atoms with van der Waals surface area (Å²) in [5.74, 6) is 0.830. The Bertz CT molecular complexity index is 624. The molecule has 0 amide bonds. The molecule has 1 N–H and O–H groups in total. The van der Waals surface area contributed by atoms with Crippen LogP contribution < -0.4 is 10.1 Å². The van der Waals surface area contributed by atoms with Crippen LogP contribution in [0.2, 0.25) is 0 Å². The molecule has 0 saturated carbocycles. The molecular formula is C19H21NO2. The number of para-hydroxylation sites is 1. The number of ether oxygens (including phenoxy) is 1. The number of ketones is 1. The van der Waals surface area contributed by atoms with E-state index in [4.69, 9.17) is 4.74 Å². The van der Waals surface area contributed by atoms with E-state index in [1.807, 2.05) is 30.3 Å². The van der Waals surface area contributed by atoms with Crippen LogP contribution in [-0.4, -0.2) is 25.5 Å². The summed E-state index contributed by atoms with van der Waals surface area (Å²) in [6.45, 7) is 2.07. The van der Waals surface area contributed by atoms with Gasteiger partial charge in [0.25, 0.3) is 0 Å². The largest absolute Gasteiger partial charge is 0.492 e. The first-order valence-corrected chi connectivity index (χ1v) is 7.85. The number of carbonyl (C=O) groups is 1. The maximum Gasteiger partial charge on any atom is 0.174 e. The summed E-state index contributed by atoms with van der Waals surface area (Å²) < 4.78 is 5.67. The van der Waals surface area contributed by atoms with Crippen LogP contribution in [0.15, 0.2) is 54.6 Å². The lowest BCUT2D eigenvalue weighted by atomic mass is 9.95. The lowest BCUT2D eigenvalue weighted by Gasteiger charge is -2.24. The first-order chi connectivity index (χ1) is 10.8. The Morgan fingerprint density at radius 3 is 2.68 bits per heavy atom. The van der Waals surface area contributed by atoms with Crippen LogP contribution in [0.1, 0.15) is 22.3 Å². The van der Waals surface area contributed by atoms with E-state index in [1.54, 1.807) is 0 Å². The predicted molar refractivity (Wildman–Crippen MR) is 87.4 cm³/mol. The average molecular weight is 295 g/mol. The van der Waals surface area contributed by atoms with Gasteiger partial charge in [0.05, 0.1) is 18.1 Å². The van der Waals surface area contributed by atoms with Gasteiger partial charge in [-0.2, -0.15) is 0 Å². The summed E-state index contributed by atoms with van der Waals surface area (Å²) in [4.78, 5) is 12.4. The molecule has 2 aromatic carbocycles. The van der Waals surface area contributed by atoms with Gasteiger partial charge in [-0.25, -0.2) is 0 Å². The van der Waals surface area contributed by atoms with Gasteiger partial charge < -0.3 is 10.1 Å². The van der Waals surface area contributed by atoms with Crippen LogP contribution in [0, 0.1) is 5.92 Å². The molecule has 0 bridgehead atoms. The zero-order valence-electron chi connectivity index (χ0n) is 12.6. The minimum atomic E-state index is -0.0772. The van der Waals surface area contributed by atoms with Gasteiger partial charge in [-0.1, -0.05) is 42.5 Å². The van der Waals surface area contributed by atoms with E-state index in [0.717, 1.165) is 19.4 Å². The first kappa shape index (κ1) is 14.8. The predicted octanol–water partition coefficient (Wildman–Crippen LogP) is 3.10. The van der Waals surface area contributed by atoms with Crippen LogP contribution in [-0.2, 0) is 6.42 Å². The van der Waals surface area contributed by atoms with Crippen molar-refractivity contribution in [3.63, 3.8) is 0 Å². The molecule has 0 aliphatic carbocycles. The molecular weight excluding hydrogens is 274 g/mol. The third-order valence-corrected chi connectivity index (χ3v) is 4.02. The Kier molecular flexibility index (Phi) is 4.86. The van der Waals surface area contributed by atoms with Gasteiger partial charge in [-0.05, 0) is 37.1 Å². The Morgan fingerprint density at radius 1 is 1.05 bits per heavy atom. The summed E-state index contributed by atoms with van der Waals surface area (Å²) in [6, 6.07) is 18.0. The lowest BCUT2D eigenvalue weighted by molar-refractivity contribution is 0.0830. The Balaban J connectivity index is 1.42. The number of rotatable bonds is 6. The van der Waals surface area contributed by atoms with Crippen LogP contribution in [0.5, 0.6) is 5.75 Å². The number of hydrogen-bond donors (Lipinski definition) is 1. The number of fused-ring (bicyclic) bond motifs is 1. The molecule has 0 spiro atoms. The fourth-order valence-electron chi connectivity index (χ4n) is 2.77. The highest BCUT2D eigenvalue weighted by atomic mass is 16.5. The highest BCUT2D eigenvalue weighted by Crippen LogP contribution is 2.26. The van der Waals surface area contributed by atoms with Crippen molar-refractivity contribution in [2.45, 2.75) is 12.8 Å². The maximum absolute atomic E-state index is 12.4. The van der Waals surface area contributed by atoms with Crippen LogP contribution in [0.3, 0.4) is 0 Å². The summed E-state index contributed by atoms with van der Waals surface area (Å²) in [5.41, 5.74) is 2.07. The molecule has 1 atom stereocenters. The second-order valence-corrected chi connectivity index (χ2v) is 5.66. The van der Waals surface area contributed by atoms with Crippen molar-refractivity contribution in [3.05, 3.63) is 65.7 Å². The van der Waals surface area contributed by atoms with Crippen LogP contribution >= 0.6 is 0 Å². The van der Waals surface area contributed by atoms with E-state index in [1.165, 1.54) is 5.56 Å². The third-order valence-electron chi connectivity index (χ3n) is 4.02. The Hall–Kier alpha value is -2.13. The van der Waals surface area contributed by atoms with Gasteiger partial charge in [0, 0.05) is 6.54 Å². The number of aryl methyl sites for hydroxylation is 1. The van der Waals surface area contributed by atoms with Gasteiger partial charge in [-0.3, -0.25) is 4.79 Å². The van der Waals surface area contributed by atoms with E-state index in [9.17, 15) is 4.79 Å². The van der Waals surface area contributed by atoms with E-state index in [-0.39, 0.29) is 11.7 Å². The topological polar surface area (TPSA) is 38.3 Å². The second kappa shape index (κ2) is 7.23. The molecule has 3 rings (SSSR count). The number of carbonyl (C=O) groups excluding carboxylic acids is 1. The van der Waals surface area contributed by atoms with E-state index in [2.05, 4.69) is 29.6 Å². The molecule has 2 aromatic rings. The standard InChI is InChI=1S/C19H21NO2/c21-19-16(14-22-18-11-5-4-10-17(18)19)13-20-12-6-9-15-7-2-1-3-8-15/h1-5,7-8,10-11,16,20H,6,9,12-14H2/t16-/m1/s1. The monoisotopic (exact) mass is 295 g/mol. The van der Waals surface area contributed by atoms with Crippen molar-refractivity contribution < 1.29 is 9.53 Å². The summed E-state index contributed by atoms with van der Waals surface area (Å²) in [7, 11) is 0. The highest BCUT2D eigenvalue weighted by Gasteiger charge is 2.27. The van der Waals surface area contributed by atoms with Gasteiger partial charge in [0.2, 0.25) is 0 Å². The fraction of sp³-hybridized carbons (Fsp3) is 0.316. The molecule has 22 heavy (non-hydrogen) atoms. The number of Topliss-reactive ketones (excluding diaryl/α,β-unsaturated/α-hetero) is 1. The minimum Gasteiger partial charge on any atom is -0.492 e. The molecule has 3 nitrogen and oxygen atoms in total.